The third-order valence-electron chi connectivity index (χ3n) is 1.58. The van der Waals surface area contributed by atoms with Gasteiger partial charge in [0.25, 0.3) is 5.91 Å². The highest BCUT2D eigenvalue weighted by atomic mass is 32.1. The number of nitrogens with two attached hydrogens (primary N) is 1. The number of hydrogen-bond acceptors (Lipinski definition) is 6. The fourth-order valence-electron chi connectivity index (χ4n) is 0.967. The SMILES string of the molecule is Nc1cccc(C(=O)Nc2nncs2)n1. The molecule has 3 N–H and O–H groups in total. The van der Waals surface area contributed by atoms with Gasteiger partial charge in [0.2, 0.25) is 5.13 Å². The van der Waals surface area contributed by atoms with Gasteiger partial charge in [-0.05, 0) is 12.1 Å². The van der Waals surface area contributed by atoms with Gasteiger partial charge >= 0.3 is 0 Å². The molecule has 2 aromatic rings. The van der Waals surface area contributed by atoms with Gasteiger partial charge in [0.1, 0.15) is 17.0 Å². The Morgan fingerprint density at radius 3 is 3.00 bits per heavy atom. The van der Waals surface area contributed by atoms with E-state index in [1.54, 1.807) is 18.2 Å². The molecule has 0 spiro atoms. The Kier molecular flexibility index (Phi) is 2.55. The van der Waals surface area contributed by atoms with Gasteiger partial charge in [-0.15, -0.1) is 10.2 Å². The Balaban J connectivity index is 2.15. The van der Waals surface area contributed by atoms with Crippen LogP contribution in [-0.2, 0) is 0 Å². The summed E-state index contributed by atoms with van der Waals surface area (Å²) < 4.78 is 0. The zero-order chi connectivity index (χ0) is 10.7. The van der Waals surface area contributed by atoms with E-state index in [2.05, 4.69) is 20.5 Å². The first-order valence-corrected chi connectivity index (χ1v) is 4.94. The number of anilines is 2. The summed E-state index contributed by atoms with van der Waals surface area (Å²) in [5, 5.41) is 10.3. The molecule has 2 rings (SSSR count). The molecule has 0 saturated heterocycles. The van der Waals surface area contributed by atoms with Crippen LogP contribution in [0.25, 0.3) is 0 Å². The molecule has 0 bridgehead atoms. The molecular formula is C8H7N5OS. The Bertz CT molecular complexity index is 470. The molecule has 0 aromatic carbocycles. The normalized spacial score (nSPS) is 9.87. The van der Waals surface area contributed by atoms with Crippen LogP contribution in [0.2, 0.25) is 0 Å². The molecule has 0 aliphatic carbocycles. The van der Waals surface area contributed by atoms with Crippen molar-refractivity contribution in [3.05, 3.63) is 29.4 Å². The quantitative estimate of drug-likeness (QED) is 0.781. The van der Waals surface area contributed by atoms with E-state index >= 15 is 0 Å². The molecule has 2 aromatic heterocycles. The van der Waals surface area contributed by atoms with Gasteiger partial charge in [-0.2, -0.15) is 0 Å². The maximum Gasteiger partial charge on any atom is 0.276 e. The number of nitrogens with one attached hydrogen (secondary N) is 1. The van der Waals surface area contributed by atoms with Gasteiger partial charge in [-0.25, -0.2) is 4.98 Å². The Hall–Kier alpha value is -2.02. The minimum absolute atomic E-state index is 0.255. The molecule has 0 aliphatic rings. The van der Waals surface area contributed by atoms with Crippen LogP contribution in [-0.4, -0.2) is 21.1 Å². The van der Waals surface area contributed by atoms with Crippen molar-refractivity contribution in [3.8, 4) is 0 Å². The number of nitrogens with zero attached hydrogens (tertiary/aromatic N) is 3. The lowest BCUT2D eigenvalue weighted by molar-refractivity contribution is 0.102. The molecule has 0 atom stereocenters. The van der Waals surface area contributed by atoms with Crippen LogP contribution in [0.3, 0.4) is 0 Å². The highest BCUT2D eigenvalue weighted by Gasteiger charge is 2.08. The molecule has 0 fully saturated rings. The molecular weight excluding hydrogens is 214 g/mol. The fourth-order valence-corrected chi connectivity index (χ4v) is 1.41. The number of carbonyl (C=O) groups excluding carboxylic acids is 1. The third kappa shape index (κ3) is 2.26. The van der Waals surface area contributed by atoms with Crippen molar-refractivity contribution in [1.29, 1.82) is 0 Å². The Morgan fingerprint density at radius 2 is 2.33 bits per heavy atom. The van der Waals surface area contributed by atoms with E-state index in [1.165, 1.54) is 16.8 Å². The van der Waals surface area contributed by atoms with Crippen molar-refractivity contribution < 1.29 is 4.79 Å². The summed E-state index contributed by atoms with van der Waals surface area (Å²) in [6.07, 6.45) is 0. The monoisotopic (exact) mass is 221 g/mol. The number of hydrogen-bond donors (Lipinski definition) is 2. The summed E-state index contributed by atoms with van der Waals surface area (Å²) >= 11 is 1.24. The first-order valence-electron chi connectivity index (χ1n) is 4.06. The van der Waals surface area contributed by atoms with E-state index in [4.69, 9.17) is 5.73 Å². The summed E-state index contributed by atoms with van der Waals surface area (Å²) in [7, 11) is 0. The number of nitrogen functional groups attached to an aromatic ring is 1. The third-order valence-corrected chi connectivity index (χ3v) is 2.19. The second-order valence-corrected chi connectivity index (χ2v) is 3.48. The van der Waals surface area contributed by atoms with Gasteiger partial charge in [0, 0.05) is 0 Å². The summed E-state index contributed by atoms with van der Waals surface area (Å²) in [5.74, 6) is -0.0426. The molecule has 6 nitrogen and oxygen atoms in total. The average Bonchev–Trinajstić information content (AvgIpc) is 2.70. The van der Waals surface area contributed by atoms with Crippen LogP contribution in [0, 0.1) is 0 Å². The average molecular weight is 221 g/mol. The number of rotatable bonds is 2. The topological polar surface area (TPSA) is 93.8 Å². The molecule has 1 amide bonds. The smallest absolute Gasteiger partial charge is 0.276 e. The van der Waals surface area contributed by atoms with E-state index in [9.17, 15) is 4.79 Å². The van der Waals surface area contributed by atoms with Crippen molar-refractivity contribution in [2.75, 3.05) is 11.1 Å². The second kappa shape index (κ2) is 4.01. The van der Waals surface area contributed by atoms with Crippen LogP contribution in [0.15, 0.2) is 23.7 Å². The molecule has 7 heteroatoms. The molecule has 76 valence electrons. The van der Waals surface area contributed by atoms with Crippen molar-refractivity contribution in [2.24, 2.45) is 0 Å². The lowest BCUT2D eigenvalue weighted by Gasteiger charge is -2.00. The van der Waals surface area contributed by atoms with E-state index < -0.39 is 0 Å². The van der Waals surface area contributed by atoms with E-state index in [0.717, 1.165) is 0 Å². The minimum atomic E-state index is -0.348. The Labute approximate surface area is 89.2 Å². The van der Waals surface area contributed by atoms with Crippen LogP contribution in [0.4, 0.5) is 10.9 Å². The van der Waals surface area contributed by atoms with Gasteiger partial charge in [-0.3, -0.25) is 10.1 Å². The van der Waals surface area contributed by atoms with Crippen LogP contribution < -0.4 is 11.1 Å². The number of pyridine rings is 1. The zero-order valence-electron chi connectivity index (χ0n) is 7.54. The maximum atomic E-state index is 11.6. The summed E-state index contributed by atoms with van der Waals surface area (Å²) in [6.45, 7) is 0. The van der Waals surface area contributed by atoms with Crippen molar-refractivity contribution in [3.63, 3.8) is 0 Å². The van der Waals surface area contributed by atoms with Gasteiger partial charge < -0.3 is 5.73 Å². The van der Waals surface area contributed by atoms with Gasteiger partial charge in [0.15, 0.2) is 0 Å². The predicted octanol–water partition coefficient (Wildman–Crippen LogP) is 0.768. The zero-order valence-corrected chi connectivity index (χ0v) is 8.36. The lowest BCUT2D eigenvalue weighted by atomic mass is 10.3. The molecule has 0 aliphatic heterocycles. The number of aromatic nitrogens is 3. The molecule has 0 saturated carbocycles. The van der Waals surface area contributed by atoms with E-state index in [1.807, 2.05) is 0 Å². The first-order chi connectivity index (χ1) is 7.25. The van der Waals surface area contributed by atoms with E-state index in [-0.39, 0.29) is 11.6 Å². The predicted molar refractivity (Wildman–Crippen MR) is 56.5 cm³/mol. The second-order valence-electron chi connectivity index (χ2n) is 2.65. The maximum absolute atomic E-state index is 11.6. The molecule has 15 heavy (non-hydrogen) atoms. The molecule has 2 heterocycles. The fraction of sp³-hybridized carbons (Fsp3) is 0. The lowest BCUT2D eigenvalue weighted by Crippen LogP contribution is -2.14. The van der Waals surface area contributed by atoms with Crippen molar-refractivity contribution in [2.45, 2.75) is 0 Å². The number of carbonyl (C=O) groups is 1. The molecule has 0 unspecified atom stereocenters. The summed E-state index contributed by atoms with van der Waals surface area (Å²) in [5.41, 5.74) is 7.24. The summed E-state index contributed by atoms with van der Waals surface area (Å²) in [6, 6.07) is 4.85. The first kappa shape index (κ1) is 9.53. The van der Waals surface area contributed by atoms with Gasteiger partial charge in [-0.1, -0.05) is 17.4 Å². The minimum Gasteiger partial charge on any atom is -0.384 e. The Morgan fingerprint density at radius 1 is 1.47 bits per heavy atom. The largest absolute Gasteiger partial charge is 0.384 e. The van der Waals surface area contributed by atoms with Gasteiger partial charge in [0.05, 0.1) is 0 Å². The molecule has 0 radical (unpaired) electrons. The van der Waals surface area contributed by atoms with E-state index in [0.29, 0.717) is 10.9 Å². The van der Waals surface area contributed by atoms with Crippen molar-refractivity contribution >= 4 is 28.2 Å². The summed E-state index contributed by atoms with van der Waals surface area (Å²) in [4.78, 5) is 15.4. The van der Waals surface area contributed by atoms with Crippen LogP contribution in [0.5, 0.6) is 0 Å². The standard InChI is InChI=1S/C8H7N5OS/c9-6-3-1-2-5(11-6)7(14)12-8-13-10-4-15-8/h1-4H,(H2,9,11)(H,12,13,14). The van der Waals surface area contributed by atoms with Crippen LogP contribution >= 0.6 is 11.3 Å². The number of amides is 1. The van der Waals surface area contributed by atoms with Crippen molar-refractivity contribution in [1.82, 2.24) is 15.2 Å². The van der Waals surface area contributed by atoms with Crippen LogP contribution in [0.1, 0.15) is 10.5 Å². The highest BCUT2D eigenvalue weighted by molar-refractivity contribution is 7.13. The highest BCUT2D eigenvalue weighted by Crippen LogP contribution is 2.10.